The smallest absolute Gasteiger partial charge is 0.165 e. The molecule has 0 aliphatic carbocycles. The van der Waals surface area contributed by atoms with Gasteiger partial charge in [0, 0.05) is 6.04 Å². The van der Waals surface area contributed by atoms with Gasteiger partial charge in [-0.2, -0.15) is 5.10 Å². The van der Waals surface area contributed by atoms with E-state index in [9.17, 15) is 4.39 Å². The highest BCUT2D eigenvalue weighted by Crippen LogP contribution is 2.23. The van der Waals surface area contributed by atoms with Gasteiger partial charge >= 0.3 is 0 Å². The van der Waals surface area contributed by atoms with Crippen LogP contribution in [-0.4, -0.2) is 22.4 Å². The Morgan fingerprint density at radius 2 is 2.25 bits per heavy atom. The summed E-state index contributed by atoms with van der Waals surface area (Å²) in [6, 6.07) is 6.83. The van der Waals surface area contributed by atoms with E-state index in [0.717, 1.165) is 13.1 Å². The summed E-state index contributed by atoms with van der Waals surface area (Å²) in [5.41, 5.74) is 0. The van der Waals surface area contributed by atoms with E-state index in [0.29, 0.717) is 11.8 Å². The van der Waals surface area contributed by atoms with Crippen LogP contribution >= 0.6 is 0 Å². The van der Waals surface area contributed by atoms with Crippen molar-refractivity contribution >= 4 is 0 Å². The fourth-order valence-electron chi connectivity index (χ4n) is 2.46. The molecule has 106 valence electrons. The molecule has 0 amide bonds. The summed E-state index contributed by atoms with van der Waals surface area (Å²) in [7, 11) is 0. The van der Waals surface area contributed by atoms with Crippen molar-refractivity contribution < 1.29 is 9.13 Å². The van der Waals surface area contributed by atoms with Crippen molar-refractivity contribution in [3.05, 3.63) is 42.5 Å². The lowest BCUT2D eigenvalue weighted by atomic mass is 10.1. The van der Waals surface area contributed by atoms with Crippen LogP contribution in [-0.2, 0) is 6.54 Å². The number of benzene rings is 1. The van der Waals surface area contributed by atoms with Gasteiger partial charge in [0.1, 0.15) is 0 Å². The normalized spacial score (nSPS) is 18.9. The van der Waals surface area contributed by atoms with Crippen LogP contribution < -0.4 is 10.1 Å². The molecular formula is C15H18FN3O. The number of halogens is 1. The Hall–Kier alpha value is -1.88. The van der Waals surface area contributed by atoms with E-state index in [1.165, 1.54) is 25.3 Å². The zero-order chi connectivity index (χ0) is 13.8. The number of nitrogens with zero attached hydrogens (tertiary/aromatic N) is 2. The van der Waals surface area contributed by atoms with Crippen LogP contribution in [0.5, 0.6) is 11.5 Å². The molecule has 0 bridgehead atoms. The molecule has 1 aromatic heterocycles. The molecule has 1 unspecified atom stereocenters. The molecule has 2 heterocycles. The van der Waals surface area contributed by atoms with E-state index in [1.807, 2.05) is 10.9 Å². The molecule has 2 aromatic rings. The molecule has 1 fully saturated rings. The molecule has 1 aliphatic heterocycles. The molecule has 3 rings (SSSR count). The third kappa shape index (κ3) is 3.17. The Kier molecular flexibility index (Phi) is 3.97. The zero-order valence-corrected chi connectivity index (χ0v) is 11.3. The second kappa shape index (κ2) is 6.05. The Bertz CT molecular complexity index is 564. The van der Waals surface area contributed by atoms with Crippen LogP contribution in [0.25, 0.3) is 0 Å². The van der Waals surface area contributed by atoms with Crippen molar-refractivity contribution in [1.29, 1.82) is 0 Å². The molecule has 1 saturated heterocycles. The van der Waals surface area contributed by atoms with Gasteiger partial charge in [-0.05, 0) is 31.5 Å². The summed E-state index contributed by atoms with van der Waals surface area (Å²) in [6.07, 6.45) is 7.11. The van der Waals surface area contributed by atoms with Crippen LogP contribution in [0.1, 0.15) is 19.3 Å². The third-order valence-corrected chi connectivity index (χ3v) is 3.49. The van der Waals surface area contributed by atoms with Gasteiger partial charge in [-0.1, -0.05) is 18.6 Å². The minimum atomic E-state index is -0.366. The fraction of sp³-hybridized carbons (Fsp3) is 0.400. The van der Waals surface area contributed by atoms with Gasteiger partial charge in [0.05, 0.1) is 18.9 Å². The Labute approximate surface area is 117 Å². The summed E-state index contributed by atoms with van der Waals surface area (Å²) in [4.78, 5) is 0. The average molecular weight is 275 g/mol. The van der Waals surface area contributed by atoms with Gasteiger partial charge in [-0.25, -0.2) is 4.39 Å². The number of ether oxygens (including phenoxy) is 1. The molecule has 1 atom stereocenters. The van der Waals surface area contributed by atoms with E-state index >= 15 is 0 Å². The Morgan fingerprint density at radius 1 is 1.35 bits per heavy atom. The summed E-state index contributed by atoms with van der Waals surface area (Å²) >= 11 is 0. The highest BCUT2D eigenvalue weighted by atomic mass is 19.1. The maximum atomic E-state index is 13.5. The molecule has 0 saturated carbocycles. The van der Waals surface area contributed by atoms with E-state index in [-0.39, 0.29) is 11.6 Å². The van der Waals surface area contributed by atoms with Crippen LogP contribution in [0, 0.1) is 5.82 Å². The minimum absolute atomic E-state index is 0.225. The number of para-hydroxylation sites is 1. The number of piperidine rings is 1. The number of hydrogen-bond acceptors (Lipinski definition) is 3. The highest BCUT2D eigenvalue weighted by Gasteiger charge is 2.14. The second-order valence-corrected chi connectivity index (χ2v) is 5.08. The van der Waals surface area contributed by atoms with Gasteiger partial charge in [-0.15, -0.1) is 0 Å². The molecule has 1 aromatic carbocycles. The van der Waals surface area contributed by atoms with Crippen LogP contribution in [0.2, 0.25) is 0 Å². The maximum Gasteiger partial charge on any atom is 0.165 e. The molecular weight excluding hydrogens is 257 g/mol. The number of rotatable bonds is 4. The van der Waals surface area contributed by atoms with Crippen LogP contribution in [0.4, 0.5) is 4.39 Å². The minimum Gasteiger partial charge on any atom is -0.451 e. The zero-order valence-electron chi connectivity index (χ0n) is 11.3. The molecule has 1 N–H and O–H groups in total. The molecule has 0 spiro atoms. The van der Waals surface area contributed by atoms with Crippen molar-refractivity contribution in [2.45, 2.75) is 31.8 Å². The van der Waals surface area contributed by atoms with E-state index < -0.39 is 0 Å². The van der Waals surface area contributed by atoms with E-state index in [1.54, 1.807) is 24.4 Å². The first-order chi connectivity index (χ1) is 9.81. The monoisotopic (exact) mass is 275 g/mol. The lowest BCUT2D eigenvalue weighted by molar-refractivity contribution is 0.350. The fourth-order valence-corrected chi connectivity index (χ4v) is 2.46. The van der Waals surface area contributed by atoms with Crippen molar-refractivity contribution in [2.75, 3.05) is 6.54 Å². The van der Waals surface area contributed by atoms with Crippen molar-refractivity contribution in [2.24, 2.45) is 0 Å². The second-order valence-electron chi connectivity index (χ2n) is 5.08. The van der Waals surface area contributed by atoms with E-state index in [4.69, 9.17) is 4.74 Å². The van der Waals surface area contributed by atoms with Crippen molar-refractivity contribution in [3.63, 3.8) is 0 Å². The lowest BCUT2D eigenvalue weighted by Gasteiger charge is -2.23. The predicted octanol–water partition coefficient (Wildman–Crippen LogP) is 2.96. The highest BCUT2D eigenvalue weighted by molar-refractivity contribution is 5.29. The molecule has 5 heteroatoms. The first-order valence-corrected chi connectivity index (χ1v) is 6.99. The first kappa shape index (κ1) is 13.1. The standard InChI is InChI=1S/C15H18FN3O/c16-14-6-1-2-7-15(14)20-13-9-18-19(11-13)10-12-5-3-4-8-17-12/h1-2,6-7,9,11-12,17H,3-5,8,10H2. The maximum absolute atomic E-state index is 13.5. The topological polar surface area (TPSA) is 39.1 Å². The largest absolute Gasteiger partial charge is 0.451 e. The predicted molar refractivity (Wildman–Crippen MR) is 74.3 cm³/mol. The molecule has 20 heavy (non-hydrogen) atoms. The third-order valence-electron chi connectivity index (χ3n) is 3.49. The van der Waals surface area contributed by atoms with Crippen molar-refractivity contribution in [1.82, 2.24) is 15.1 Å². The number of aromatic nitrogens is 2. The molecule has 0 radical (unpaired) electrons. The van der Waals surface area contributed by atoms with Crippen LogP contribution in [0.3, 0.4) is 0 Å². The van der Waals surface area contributed by atoms with Gasteiger partial charge in [0.25, 0.3) is 0 Å². The van der Waals surface area contributed by atoms with Gasteiger partial charge in [0.15, 0.2) is 17.3 Å². The van der Waals surface area contributed by atoms with E-state index in [2.05, 4.69) is 10.4 Å². The average Bonchev–Trinajstić information content (AvgIpc) is 2.90. The van der Waals surface area contributed by atoms with Crippen LogP contribution in [0.15, 0.2) is 36.7 Å². The summed E-state index contributed by atoms with van der Waals surface area (Å²) in [5, 5.41) is 7.74. The van der Waals surface area contributed by atoms with Gasteiger partial charge < -0.3 is 10.1 Å². The molecule has 4 nitrogen and oxygen atoms in total. The summed E-state index contributed by atoms with van der Waals surface area (Å²) < 4.78 is 20.8. The van der Waals surface area contributed by atoms with Crippen molar-refractivity contribution in [3.8, 4) is 11.5 Å². The summed E-state index contributed by atoms with van der Waals surface area (Å²) in [6.45, 7) is 1.89. The number of nitrogens with one attached hydrogen (secondary N) is 1. The Morgan fingerprint density at radius 3 is 3.05 bits per heavy atom. The lowest BCUT2D eigenvalue weighted by Crippen LogP contribution is -2.37. The SMILES string of the molecule is Fc1ccccc1Oc1cnn(CC2CCCCN2)c1. The van der Waals surface area contributed by atoms with Gasteiger partial charge in [0.2, 0.25) is 0 Å². The van der Waals surface area contributed by atoms with Gasteiger partial charge in [-0.3, -0.25) is 4.68 Å². The first-order valence-electron chi connectivity index (χ1n) is 6.99. The number of hydrogen-bond donors (Lipinski definition) is 1. The molecule has 1 aliphatic rings. The Balaban J connectivity index is 1.63. The quantitative estimate of drug-likeness (QED) is 0.932. The summed E-state index contributed by atoms with van der Waals surface area (Å²) in [5.74, 6) is 0.419.